The summed E-state index contributed by atoms with van der Waals surface area (Å²) >= 11 is 0. The molecule has 0 aromatic carbocycles. The third-order valence-electron chi connectivity index (χ3n) is 3.29. The number of hydrogen-bond donors (Lipinski definition) is 2. The van der Waals surface area contributed by atoms with Gasteiger partial charge in [-0.2, -0.15) is 0 Å². The van der Waals surface area contributed by atoms with Crippen molar-refractivity contribution in [2.45, 2.75) is 71.4 Å². The van der Waals surface area contributed by atoms with Gasteiger partial charge in [-0.15, -0.1) is 0 Å². The third kappa shape index (κ3) is 5.33. The van der Waals surface area contributed by atoms with Crippen LogP contribution in [0.3, 0.4) is 0 Å². The summed E-state index contributed by atoms with van der Waals surface area (Å²) < 4.78 is 5.28. The molecule has 1 heterocycles. The molecule has 0 saturated heterocycles. The number of carbonyl (C=O) groups excluding carboxylic acids is 1. The number of unbranched alkanes of at least 4 members (excludes halogenated alkanes) is 2. The predicted molar refractivity (Wildman–Crippen MR) is 79.4 cm³/mol. The number of nitrogens with zero attached hydrogens (tertiary/aromatic N) is 1. The van der Waals surface area contributed by atoms with Crippen LogP contribution < -0.4 is 11.1 Å². The number of amides is 1. The van der Waals surface area contributed by atoms with Gasteiger partial charge in [0.05, 0.1) is 6.04 Å². The second-order valence-electron chi connectivity index (χ2n) is 5.34. The van der Waals surface area contributed by atoms with Crippen molar-refractivity contribution in [1.82, 2.24) is 10.3 Å². The van der Waals surface area contributed by atoms with E-state index in [-0.39, 0.29) is 18.0 Å². The summed E-state index contributed by atoms with van der Waals surface area (Å²) in [5.74, 6) is 0.253. The zero-order chi connectivity index (χ0) is 15.0. The van der Waals surface area contributed by atoms with E-state index in [1.54, 1.807) is 0 Å². The van der Waals surface area contributed by atoms with Gasteiger partial charge >= 0.3 is 0 Å². The van der Waals surface area contributed by atoms with Crippen LogP contribution in [0.1, 0.15) is 81.7 Å². The highest BCUT2D eigenvalue weighted by Crippen LogP contribution is 2.15. The first-order valence-electron chi connectivity index (χ1n) is 7.60. The average Bonchev–Trinajstić information content (AvgIpc) is 2.89. The second kappa shape index (κ2) is 8.74. The van der Waals surface area contributed by atoms with Crippen molar-refractivity contribution >= 4 is 5.91 Å². The number of hydrogen-bond acceptors (Lipinski definition) is 4. The van der Waals surface area contributed by atoms with E-state index in [0.29, 0.717) is 11.6 Å². The molecule has 2 unspecified atom stereocenters. The topological polar surface area (TPSA) is 81.2 Å². The SMILES string of the molecule is CCCCCC(C)NC(=O)c1coc(C(N)CCC)n1. The van der Waals surface area contributed by atoms with E-state index in [2.05, 4.69) is 24.1 Å². The number of nitrogens with two attached hydrogens (primary N) is 1. The Morgan fingerprint density at radius 2 is 2.10 bits per heavy atom. The lowest BCUT2D eigenvalue weighted by molar-refractivity contribution is 0.0933. The fourth-order valence-electron chi connectivity index (χ4n) is 2.07. The molecule has 1 aromatic heterocycles. The Labute approximate surface area is 121 Å². The molecular formula is C15H27N3O2. The van der Waals surface area contributed by atoms with E-state index in [1.807, 2.05) is 6.92 Å². The maximum atomic E-state index is 12.0. The van der Waals surface area contributed by atoms with Gasteiger partial charge in [0.2, 0.25) is 5.89 Å². The maximum Gasteiger partial charge on any atom is 0.273 e. The molecule has 5 nitrogen and oxygen atoms in total. The van der Waals surface area contributed by atoms with Gasteiger partial charge in [-0.1, -0.05) is 39.5 Å². The van der Waals surface area contributed by atoms with Crippen LogP contribution in [0.5, 0.6) is 0 Å². The Bertz CT molecular complexity index is 404. The minimum atomic E-state index is -0.233. The van der Waals surface area contributed by atoms with Crippen LogP contribution in [0.2, 0.25) is 0 Å². The normalized spacial score (nSPS) is 14.0. The molecule has 0 aliphatic rings. The van der Waals surface area contributed by atoms with Crippen molar-refractivity contribution in [3.63, 3.8) is 0 Å². The zero-order valence-corrected chi connectivity index (χ0v) is 12.8. The smallest absolute Gasteiger partial charge is 0.273 e. The number of carbonyl (C=O) groups is 1. The van der Waals surface area contributed by atoms with Gasteiger partial charge in [-0.25, -0.2) is 4.98 Å². The van der Waals surface area contributed by atoms with Gasteiger partial charge in [0.1, 0.15) is 6.26 Å². The molecule has 1 amide bonds. The van der Waals surface area contributed by atoms with Crippen molar-refractivity contribution in [3.05, 3.63) is 17.8 Å². The molecule has 5 heteroatoms. The first-order chi connectivity index (χ1) is 9.58. The Kier molecular flexibility index (Phi) is 7.30. The minimum Gasteiger partial charge on any atom is -0.446 e. The van der Waals surface area contributed by atoms with E-state index in [4.69, 9.17) is 10.2 Å². The maximum absolute atomic E-state index is 12.0. The first kappa shape index (κ1) is 16.7. The van der Waals surface area contributed by atoms with Crippen LogP contribution in [0, 0.1) is 0 Å². The molecule has 0 bridgehead atoms. The summed E-state index contributed by atoms with van der Waals surface area (Å²) in [5, 5.41) is 2.94. The van der Waals surface area contributed by atoms with Crippen LogP contribution >= 0.6 is 0 Å². The molecular weight excluding hydrogens is 254 g/mol. The van der Waals surface area contributed by atoms with E-state index >= 15 is 0 Å². The summed E-state index contributed by atoms with van der Waals surface area (Å²) in [7, 11) is 0. The van der Waals surface area contributed by atoms with Crippen molar-refractivity contribution in [2.75, 3.05) is 0 Å². The second-order valence-corrected chi connectivity index (χ2v) is 5.34. The first-order valence-corrected chi connectivity index (χ1v) is 7.60. The summed E-state index contributed by atoms with van der Waals surface area (Å²) in [5.41, 5.74) is 6.23. The van der Waals surface area contributed by atoms with Crippen LogP contribution in [-0.4, -0.2) is 16.9 Å². The summed E-state index contributed by atoms with van der Waals surface area (Å²) in [6.45, 7) is 6.23. The molecule has 2 atom stereocenters. The van der Waals surface area contributed by atoms with Crippen molar-refractivity contribution in [2.24, 2.45) is 5.73 Å². The lowest BCUT2D eigenvalue weighted by Gasteiger charge is -2.12. The largest absolute Gasteiger partial charge is 0.446 e. The fraction of sp³-hybridized carbons (Fsp3) is 0.733. The molecule has 0 fully saturated rings. The molecule has 0 spiro atoms. The molecule has 114 valence electrons. The summed E-state index contributed by atoms with van der Waals surface area (Å²) in [4.78, 5) is 16.2. The lowest BCUT2D eigenvalue weighted by atomic mass is 10.1. The van der Waals surface area contributed by atoms with Crippen LogP contribution in [-0.2, 0) is 0 Å². The van der Waals surface area contributed by atoms with Gasteiger partial charge < -0.3 is 15.5 Å². The highest BCUT2D eigenvalue weighted by atomic mass is 16.3. The summed E-state index contributed by atoms with van der Waals surface area (Å²) in [6.07, 6.45) is 7.64. The van der Waals surface area contributed by atoms with E-state index in [1.165, 1.54) is 19.1 Å². The monoisotopic (exact) mass is 281 g/mol. The minimum absolute atomic E-state index is 0.151. The molecule has 1 aromatic rings. The van der Waals surface area contributed by atoms with Crippen LogP contribution in [0.15, 0.2) is 10.7 Å². The lowest BCUT2D eigenvalue weighted by Crippen LogP contribution is -2.32. The van der Waals surface area contributed by atoms with E-state index < -0.39 is 0 Å². The fourth-order valence-corrected chi connectivity index (χ4v) is 2.07. The average molecular weight is 281 g/mol. The van der Waals surface area contributed by atoms with Crippen LogP contribution in [0.25, 0.3) is 0 Å². The van der Waals surface area contributed by atoms with E-state index in [0.717, 1.165) is 25.7 Å². The standard InChI is InChI=1S/C15H27N3O2/c1-4-6-7-9-11(3)17-14(19)13-10-20-15(18-13)12(16)8-5-2/h10-12H,4-9,16H2,1-3H3,(H,17,19). The zero-order valence-electron chi connectivity index (χ0n) is 12.8. The Morgan fingerprint density at radius 1 is 1.35 bits per heavy atom. The van der Waals surface area contributed by atoms with Gasteiger partial charge in [0.15, 0.2) is 5.69 Å². The van der Waals surface area contributed by atoms with Gasteiger partial charge in [0.25, 0.3) is 5.91 Å². The van der Waals surface area contributed by atoms with Crippen molar-refractivity contribution in [1.29, 1.82) is 0 Å². The number of aromatic nitrogens is 1. The molecule has 1 rings (SSSR count). The Hall–Kier alpha value is -1.36. The van der Waals surface area contributed by atoms with Crippen molar-refractivity contribution in [3.8, 4) is 0 Å². The van der Waals surface area contributed by atoms with Gasteiger partial charge in [-0.3, -0.25) is 4.79 Å². The molecule has 3 N–H and O–H groups in total. The quantitative estimate of drug-likeness (QED) is 0.681. The molecule has 0 aliphatic heterocycles. The van der Waals surface area contributed by atoms with Crippen LogP contribution in [0.4, 0.5) is 0 Å². The molecule has 0 radical (unpaired) electrons. The Morgan fingerprint density at radius 3 is 2.75 bits per heavy atom. The van der Waals surface area contributed by atoms with E-state index in [9.17, 15) is 4.79 Å². The number of rotatable bonds is 9. The van der Waals surface area contributed by atoms with Crippen molar-refractivity contribution < 1.29 is 9.21 Å². The molecule has 20 heavy (non-hydrogen) atoms. The number of oxazole rings is 1. The highest BCUT2D eigenvalue weighted by molar-refractivity contribution is 5.92. The predicted octanol–water partition coefficient (Wildman–Crippen LogP) is 3.17. The van der Waals surface area contributed by atoms with Gasteiger partial charge in [0, 0.05) is 6.04 Å². The highest BCUT2D eigenvalue weighted by Gasteiger charge is 2.17. The molecule has 0 saturated carbocycles. The third-order valence-corrected chi connectivity index (χ3v) is 3.29. The molecule has 0 aliphatic carbocycles. The van der Waals surface area contributed by atoms with Gasteiger partial charge in [-0.05, 0) is 19.8 Å². The number of nitrogens with one attached hydrogen (secondary N) is 1. The summed E-state index contributed by atoms with van der Waals surface area (Å²) in [6, 6.07) is -0.0814. The Balaban J connectivity index is 2.47.